The molecule has 0 N–H and O–H groups in total. The molecule has 0 spiro atoms. The van der Waals surface area contributed by atoms with Gasteiger partial charge in [0.05, 0.1) is 6.61 Å². The monoisotopic (exact) mass is 288 g/mol. The molecular weight excluding hydrogens is 267 g/mol. The molecule has 18 heavy (non-hydrogen) atoms. The minimum absolute atomic E-state index is 0.0813. The second-order valence-electron chi connectivity index (χ2n) is 4.78. The molecule has 1 rings (SSSR count). The Balaban J connectivity index is 2.31. The van der Waals surface area contributed by atoms with Crippen LogP contribution < -0.4 is 4.74 Å². The van der Waals surface area contributed by atoms with Crippen LogP contribution >= 0.6 is 23.2 Å². The molecule has 0 amide bonds. The van der Waals surface area contributed by atoms with Crippen LogP contribution in [-0.4, -0.2) is 18.4 Å². The molecule has 0 aliphatic heterocycles. The van der Waals surface area contributed by atoms with E-state index in [2.05, 4.69) is 6.92 Å². The first-order valence-corrected chi connectivity index (χ1v) is 7.63. The van der Waals surface area contributed by atoms with Gasteiger partial charge in [-0.1, -0.05) is 31.5 Å². The van der Waals surface area contributed by atoms with Gasteiger partial charge in [0.1, 0.15) is 5.75 Å². The van der Waals surface area contributed by atoms with Gasteiger partial charge < -0.3 is 4.74 Å². The maximum Gasteiger partial charge on any atom is 0.119 e. The summed E-state index contributed by atoms with van der Waals surface area (Å²) in [6.07, 6.45) is 4.24. The van der Waals surface area contributed by atoms with Gasteiger partial charge in [0, 0.05) is 11.8 Å². The third-order valence-electron chi connectivity index (χ3n) is 3.21. The molecule has 0 atom stereocenters. The maximum absolute atomic E-state index is 6.07. The first kappa shape index (κ1) is 15.7. The molecule has 0 heterocycles. The van der Waals surface area contributed by atoms with Crippen LogP contribution in [0, 0.1) is 5.41 Å². The van der Waals surface area contributed by atoms with Gasteiger partial charge in [0.2, 0.25) is 0 Å². The van der Waals surface area contributed by atoms with Crippen molar-refractivity contribution in [3.05, 3.63) is 30.3 Å². The number of para-hydroxylation sites is 1. The Hall–Kier alpha value is -0.400. The van der Waals surface area contributed by atoms with Crippen LogP contribution in [0.5, 0.6) is 5.75 Å². The Labute approximate surface area is 120 Å². The molecule has 0 fully saturated rings. The van der Waals surface area contributed by atoms with E-state index < -0.39 is 0 Å². The lowest BCUT2D eigenvalue weighted by Crippen LogP contribution is -2.25. The van der Waals surface area contributed by atoms with Crippen molar-refractivity contribution in [2.24, 2.45) is 5.41 Å². The van der Waals surface area contributed by atoms with Gasteiger partial charge in [-0.25, -0.2) is 0 Å². The molecule has 0 saturated carbocycles. The van der Waals surface area contributed by atoms with E-state index in [0.29, 0.717) is 11.8 Å². The van der Waals surface area contributed by atoms with E-state index >= 15 is 0 Å². The highest BCUT2D eigenvalue weighted by Gasteiger charge is 2.26. The number of hydrogen-bond donors (Lipinski definition) is 0. The lowest BCUT2D eigenvalue weighted by Gasteiger charge is -2.29. The van der Waals surface area contributed by atoms with E-state index in [-0.39, 0.29) is 5.41 Å². The Bertz CT molecular complexity index is 310. The molecule has 3 heteroatoms. The lowest BCUT2D eigenvalue weighted by molar-refractivity contribution is 0.250. The molecule has 0 saturated heterocycles. The number of rotatable bonds is 9. The van der Waals surface area contributed by atoms with Crippen LogP contribution in [0.4, 0.5) is 0 Å². The van der Waals surface area contributed by atoms with Crippen LogP contribution in [-0.2, 0) is 0 Å². The number of ether oxygens (including phenoxy) is 1. The summed E-state index contributed by atoms with van der Waals surface area (Å²) in [5.41, 5.74) is 0.0813. The molecule has 102 valence electrons. The zero-order valence-corrected chi connectivity index (χ0v) is 12.5. The first-order valence-electron chi connectivity index (χ1n) is 6.56. The predicted octanol–water partition coefficient (Wildman–Crippen LogP) is 5.11. The van der Waals surface area contributed by atoms with Gasteiger partial charge in [-0.2, -0.15) is 0 Å². The van der Waals surface area contributed by atoms with Crippen LogP contribution in [0.25, 0.3) is 0 Å². The molecule has 0 bridgehead atoms. The van der Waals surface area contributed by atoms with Crippen molar-refractivity contribution in [2.75, 3.05) is 18.4 Å². The van der Waals surface area contributed by atoms with Gasteiger partial charge in [0.15, 0.2) is 0 Å². The Morgan fingerprint density at radius 2 is 1.72 bits per heavy atom. The summed E-state index contributed by atoms with van der Waals surface area (Å²) < 4.78 is 5.68. The Morgan fingerprint density at radius 3 is 2.28 bits per heavy atom. The number of halogens is 2. The van der Waals surface area contributed by atoms with Crippen molar-refractivity contribution in [3.8, 4) is 5.75 Å². The largest absolute Gasteiger partial charge is 0.494 e. The Morgan fingerprint density at radius 1 is 1.06 bits per heavy atom. The molecule has 1 aromatic rings. The summed E-state index contributed by atoms with van der Waals surface area (Å²) in [6.45, 7) is 2.90. The van der Waals surface area contributed by atoms with E-state index in [4.69, 9.17) is 27.9 Å². The minimum atomic E-state index is 0.0813. The zero-order chi connectivity index (χ0) is 13.3. The van der Waals surface area contributed by atoms with Gasteiger partial charge in [-0.3, -0.25) is 0 Å². The molecule has 0 unspecified atom stereocenters. The second kappa shape index (κ2) is 8.66. The van der Waals surface area contributed by atoms with Crippen molar-refractivity contribution in [1.29, 1.82) is 0 Å². The van der Waals surface area contributed by atoms with Crippen LogP contribution in [0.3, 0.4) is 0 Å². The standard InChI is InChI=1S/C15H22Cl2O/c1-2-9-15(12-16,13-17)10-6-11-18-14-7-4-3-5-8-14/h3-5,7-8H,2,6,9-13H2,1H3. The summed E-state index contributed by atoms with van der Waals surface area (Å²) in [5, 5.41) is 0. The van der Waals surface area contributed by atoms with Gasteiger partial charge in [-0.05, 0) is 36.8 Å². The highest BCUT2D eigenvalue weighted by atomic mass is 35.5. The van der Waals surface area contributed by atoms with Crippen LogP contribution in [0.15, 0.2) is 30.3 Å². The highest BCUT2D eigenvalue weighted by Crippen LogP contribution is 2.32. The fourth-order valence-electron chi connectivity index (χ4n) is 2.11. The van der Waals surface area contributed by atoms with E-state index in [1.54, 1.807) is 0 Å². The molecule has 0 aliphatic rings. The fourth-order valence-corrected chi connectivity index (χ4v) is 2.93. The van der Waals surface area contributed by atoms with Crippen molar-refractivity contribution in [2.45, 2.75) is 32.6 Å². The summed E-state index contributed by atoms with van der Waals surface area (Å²) in [6, 6.07) is 9.90. The normalized spacial score (nSPS) is 11.5. The molecule has 0 radical (unpaired) electrons. The number of hydrogen-bond acceptors (Lipinski definition) is 1. The van der Waals surface area contributed by atoms with E-state index in [1.165, 1.54) is 0 Å². The van der Waals surface area contributed by atoms with E-state index in [0.717, 1.165) is 38.0 Å². The Kier molecular flexibility index (Phi) is 7.53. The SMILES string of the molecule is CCCC(CCl)(CCl)CCCOc1ccccc1. The molecule has 1 nitrogen and oxygen atoms in total. The van der Waals surface area contributed by atoms with Crippen molar-refractivity contribution in [3.63, 3.8) is 0 Å². The summed E-state index contributed by atoms with van der Waals surface area (Å²) in [4.78, 5) is 0. The van der Waals surface area contributed by atoms with Crippen molar-refractivity contribution < 1.29 is 4.74 Å². The molecule has 0 aromatic heterocycles. The third-order valence-corrected chi connectivity index (χ3v) is 4.34. The summed E-state index contributed by atoms with van der Waals surface area (Å²) in [7, 11) is 0. The second-order valence-corrected chi connectivity index (χ2v) is 5.32. The third kappa shape index (κ3) is 5.07. The molecule has 0 aliphatic carbocycles. The fraction of sp³-hybridized carbons (Fsp3) is 0.600. The highest BCUT2D eigenvalue weighted by molar-refractivity contribution is 6.21. The van der Waals surface area contributed by atoms with E-state index in [9.17, 15) is 0 Å². The number of alkyl halides is 2. The summed E-state index contributed by atoms with van der Waals surface area (Å²) in [5.74, 6) is 2.20. The number of benzene rings is 1. The quantitative estimate of drug-likeness (QED) is 0.453. The van der Waals surface area contributed by atoms with Gasteiger partial charge >= 0.3 is 0 Å². The van der Waals surface area contributed by atoms with Gasteiger partial charge in [0.25, 0.3) is 0 Å². The van der Waals surface area contributed by atoms with Crippen LogP contribution in [0.2, 0.25) is 0 Å². The minimum Gasteiger partial charge on any atom is -0.494 e. The van der Waals surface area contributed by atoms with E-state index in [1.807, 2.05) is 30.3 Å². The van der Waals surface area contributed by atoms with Crippen molar-refractivity contribution >= 4 is 23.2 Å². The smallest absolute Gasteiger partial charge is 0.119 e. The van der Waals surface area contributed by atoms with Crippen molar-refractivity contribution in [1.82, 2.24) is 0 Å². The maximum atomic E-state index is 6.07. The molecule has 1 aromatic carbocycles. The first-order chi connectivity index (χ1) is 8.76. The van der Waals surface area contributed by atoms with Gasteiger partial charge in [-0.15, -0.1) is 23.2 Å². The lowest BCUT2D eigenvalue weighted by atomic mass is 9.83. The zero-order valence-electron chi connectivity index (χ0n) is 11.0. The average molecular weight is 289 g/mol. The molecular formula is C15H22Cl2O. The topological polar surface area (TPSA) is 9.23 Å². The average Bonchev–Trinajstić information content (AvgIpc) is 2.43. The summed E-state index contributed by atoms with van der Waals surface area (Å²) >= 11 is 12.1. The predicted molar refractivity (Wildman–Crippen MR) is 80.0 cm³/mol. The van der Waals surface area contributed by atoms with Crippen LogP contribution in [0.1, 0.15) is 32.6 Å².